The molecule has 1 aromatic heterocycles. The molecule has 0 bridgehead atoms. The first-order valence-electron chi connectivity index (χ1n) is 6.69. The van der Waals surface area contributed by atoms with Crippen LogP contribution in [0.3, 0.4) is 0 Å². The Bertz CT molecular complexity index is 377. The average Bonchev–Trinajstić information content (AvgIpc) is 2.40. The zero-order valence-corrected chi connectivity index (χ0v) is 12.2. The number of rotatable bonds is 9. The average molecular weight is 288 g/mol. The summed E-state index contributed by atoms with van der Waals surface area (Å²) < 4.78 is 0. The van der Waals surface area contributed by atoms with E-state index in [9.17, 15) is 0 Å². The minimum atomic E-state index is 0.173. The Hall–Kier alpha value is -1.14. The molecule has 0 spiro atoms. The van der Waals surface area contributed by atoms with Gasteiger partial charge in [0.05, 0.1) is 0 Å². The second-order valence-corrected chi connectivity index (χ2v) is 4.68. The van der Waals surface area contributed by atoms with Gasteiger partial charge >= 0.3 is 0 Å². The molecule has 0 aliphatic carbocycles. The SMILES string of the molecule is CCCNc1nc(Cl)nc(NCC(CC)CCO)n1. The molecule has 0 radical (unpaired) electrons. The van der Waals surface area contributed by atoms with Crippen molar-refractivity contribution >= 4 is 23.5 Å². The Morgan fingerprint density at radius 3 is 2.42 bits per heavy atom. The molecule has 0 fully saturated rings. The molecule has 0 saturated heterocycles. The number of aliphatic hydroxyl groups is 1. The monoisotopic (exact) mass is 287 g/mol. The number of anilines is 2. The maximum Gasteiger partial charge on any atom is 0.228 e. The summed E-state index contributed by atoms with van der Waals surface area (Å²) >= 11 is 5.86. The molecule has 108 valence electrons. The Kier molecular flexibility index (Phi) is 7.43. The largest absolute Gasteiger partial charge is 0.396 e. The van der Waals surface area contributed by atoms with Crippen LogP contribution in [-0.2, 0) is 0 Å². The first-order valence-corrected chi connectivity index (χ1v) is 7.07. The van der Waals surface area contributed by atoms with Gasteiger partial charge in [-0.15, -0.1) is 0 Å². The third kappa shape index (κ3) is 6.02. The molecule has 1 atom stereocenters. The van der Waals surface area contributed by atoms with Crippen molar-refractivity contribution in [3.05, 3.63) is 5.28 Å². The van der Waals surface area contributed by atoms with Gasteiger partial charge in [-0.3, -0.25) is 0 Å². The van der Waals surface area contributed by atoms with Crippen molar-refractivity contribution in [2.24, 2.45) is 5.92 Å². The fourth-order valence-corrected chi connectivity index (χ4v) is 1.77. The van der Waals surface area contributed by atoms with Crippen molar-refractivity contribution in [3.8, 4) is 0 Å². The molecular formula is C12H22ClN5O. The van der Waals surface area contributed by atoms with Gasteiger partial charge in [-0.2, -0.15) is 15.0 Å². The number of nitrogens with zero attached hydrogens (tertiary/aromatic N) is 3. The summed E-state index contributed by atoms with van der Waals surface area (Å²) in [6, 6.07) is 0. The lowest BCUT2D eigenvalue weighted by atomic mass is 10.0. The van der Waals surface area contributed by atoms with Crippen LogP contribution in [0.1, 0.15) is 33.1 Å². The Morgan fingerprint density at radius 2 is 1.84 bits per heavy atom. The van der Waals surface area contributed by atoms with E-state index in [0.717, 1.165) is 25.8 Å². The van der Waals surface area contributed by atoms with Crippen LogP contribution < -0.4 is 10.6 Å². The van der Waals surface area contributed by atoms with Crippen LogP contribution in [0.25, 0.3) is 0 Å². The van der Waals surface area contributed by atoms with E-state index in [1.165, 1.54) is 0 Å². The molecule has 0 aliphatic rings. The quantitative estimate of drug-likeness (QED) is 0.646. The van der Waals surface area contributed by atoms with E-state index in [0.29, 0.717) is 24.4 Å². The minimum absolute atomic E-state index is 0.173. The fraction of sp³-hybridized carbons (Fsp3) is 0.750. The maximum atomic E-state index is 8.95. The van der Waals surface area contributed by atoms with Crippen LogP contribution in [0.15, 0.2) is 0 Å². The van der Waals surface area contributed by atoms with E-state index in [1.807, 2.05) is 0 Å². The van der Waals surface area contributed by atoms with E-state index in [1.54, 1.807) is 0 Å². The molecule has 19 heavy (non-hydrogen) atoms. The van der Waals surface area contributed by atoms with Crippen molar-refractivity contribution in [3.63, 3.8) is 0 Å². The summed E-state index contributed by atoms with van der Waals surface area (Å²) in [5.74, 6) is 1.35. The van der Waals surface area contributed by atoms with Gasteiger partial charge in [0.25, 0.3) is 0 Å². The highest BCUT2D eigenvalue weighted by Gasteiger charge is 2.08. The smallest absolute Gasteiger partial charge is 0.228 e. The number of hydrogen-bond acceptors (Lipinski definition) is 6. The first-order chi connectivity index (χ1) is 9.19. The zero-order chi connectivity index (χ0) is 14.1. The van der Waals surface area contributed by atoms with E-state index in [4.69, 9.17) is 16.7 Å². The highest BCUT2D eigenvalue weighted by Crippen LogP contribution is 2.12. The van der Waals surface area contributed by atoms with Gasteiger partial charge in [0.15, 0.2) is 0 Å². The van der Waals surface area contributed by atoms with Crippen LogP contribution in [-0.4, -0.2) is 39.8 Å². The standard InChI is InChI=1S/C12H22ClN5O/c1-3-6-14-11-16-10(13)17-12(18-11)15-8-9(4-2)5-7-19/h9,19H,3-8H2,1-2H3,(H2,14,15,16,17,18). The lowest BCUT2D eigenvalue weighted by Crippen LogP contribution is -2.17. The number of nitrogens with one attached hydrogen (secondary N) is 2. The molecule has 3 N–H and O–H groups in total. The fourth-order valence-electron chi connectivity index (χ4n) is 1.61. The van der Waals surface area contributed by atoms with Gasteiger partial charge in [0.2, 0.25) is 17.2 Å². The van der Waals surface area contributed by atoms with E-state index >= 15 is 0 Å². The summed E-state index contributed by atoms with van der Waals surface area (Å²) in [6.07, 6.45) is 2.75. The predicted octanol–water partition coefficient (Wildman–Crippen LogP) is 2.17. The molecule has 1 aromatic rings. The van der Waals surface area contributed by atoms with E-state index in [2.05, 4.69) is 39.4 Å². The molecule has 1 rings (SSSR count). The molecule has 0 aromatic carbocycles. The normalized spacial score (nSPS) is 12.2. The van der Waals surface area contributed by atoms with Crippen molar-refractivity contribution in [1.82, 2.24) is 15.0 Å². The number of halogens is 1. The summed E-state index contributed by atoms with van der Waals surface area (Å²) in [5, 5.41) is 15.3. The van der Waals surface area contributed by atoms with E-state index in [-0.39, 0.29) is 11.9 Å². The van der Waals surface area contributed by atoms with Crippen LogP contribution in [0.5, 0.6) is 0 Å². The lowest BCUT2D eigenvalue weighted by Gasteiger charge is -2.14. The molecule has 7 heteroatoms. The molecule has 6 nitrogen and oxygen atoms in total. The molecule has 1 unspecified atom stereocenters. The van der Waals surface area contributed by atoms with Crippen LogP contribution in [0.4, 0.5) is 11.9 Å². The summed E-state index contributed by atoms with van der Waals surface area (Å²) in [7, 11) is 0. The third-order valence-electron chi connectivity index (χ3n) is 2.80. The van der Waals surface area contributed by atoms with Crippen LogP contribution >= 0.6 is 11.6 Å². The minimum Gasteiger partial charge on any atom is -0.396 e. The predicted molar refractivity (Wildman–Crippen MR) is 77.6 cm³/mol. The molecule has 0 saturated carbocycles. The van der Waals surface area contributed by atoms with Gasteiger partial charge in [0, 0.05) is 19.7 Å². The Labute approximate surface area is 119 Å². The van der Waals surface area contributed by atoms with E-state index < -0.39 is 0 Å². The van der Waals surface area contributed by atoms with Crippen molar-refractivity contribution in [2.45, 2.75) is 33.1 Å². The number of hydrogen-bond donors (Lipinski definition) is 3. The van der Waals surface area contributed by atoms with Gasteiger partial charge in [-0.1, -0.05) is 20.3 Å². The Morgan fingerprint density at radius 1 is 1.16 bits per heavy atom. The number of aliphatic hydroxyl groups excluding tert-OH is 1. The lowest BCUT2D eigenvalue weighted by molar-refractivity contribution is 0.258. The molecule has 0 amide bonds. The van der Waals surface area contributed by atoms with Crippen molar-refractivity contribution in [1.29, 1.82) is 0 Å². The maximum absolute atomic E-state index is 8.95. The molecular weight excluding hydrogens is 266 g/mol. The van der Waals surface area contributed by atoms with Gasteiger partial charge in [-0.25, -0.2) is 0 Å². The molecule has 1 heterocycles. The first kappa shape index (κ1) is 15.9. The Balaban J connectivity index is 2.59. The highest BCUT2D eigenvalue weighted by molar-refractivity contribution is 6.28. The topological polar surface area (TPSA) is 83.0 Å². The molecule has 0 aliphatic heterocycles. The number of aromatic nitrogens is 3. The van der Waals surface area contributed by atoms with Gasteiger partial charge in [0.1, 0.15) is 0 Å². The van der Waals surface area contributed by atoms with Crippen molar-refractivity contribution in [2.75, 3.05) is 30.3 Å². The second kappa shape index (κ2) is 8.87. The highest BCUT2D eigenvalue weighted by atomic mass is 35.5. The summed E-state index contributed by atoms with van der Waals surface area (Å²) in [6.45, 7) is 5.86. The summed E-state index contributed by atoms with van der Waals surface area (Å²) in [4.78, 5) is 12.3. The second-order valence-electron chi connectivity index (χ2n) is 4.35. The van der Waals surface area contributed by atoms with Crippen LogP contribution in [0.2, 0.25) is 5.28 Å². The van der Waals surface area contributed by atoms with Crippen LogP contribution in [0, 0.1) is 5.92 Å². The van der Waals surface area contributed by atoms with Gasteiger partial charge < -0.3 is 15.7 Å². The summed E-state index contributed by atoms with van der Waals surface area (Å²) in [5.41, 5.74) is 0. The third-order valence-corrected chi connectivity index (χ3v) is 2.97. The van der Waals surface area contributed by atoms with Gasteiger partial charge in [-0.05, 0) is 30.4 Å². The van der Waals surface area contributed by atoms with Crippen molar-refractivity contribution < 1.29 is 5.11 Å². The zero-order valence-electron chi connectivity index (χ0n) is 11.5.